The number of hydrogen-bond donors (Lipinski definition) is 0. The molecule has 0 spiro atoms. The second-order valence-corrected chi connectivity index (χ2v) is 27.4. The van der Waals surface area contributed by atoms with Gasteiger partial charge in [0.25, 0.3) is 0 Å². The molecule has 0 aromatic heterocycles. The molecule has 11 heteroatoms. The third-order valence-electron chi connectivity index (χ3n) is 17.0. The standard InChI is InChI=1S/2C36H72O4S.Ca/c2*1-3-5-7-9-11-13-15-17-19-20-22-24-26-28-30-32-34-36(35-40-41(37,38)39)33-31-29-27-25-23-21-18-16-14-12-10-8-6-4-2;/h2*31,33,36H,3-30,32,34-35H2,1-2H3,(H,37,38,39);/q;;+2/p-2/b2*33-31+;. The van der Waals surface area contributed by atoms with E-state index in [1.807, 2.05) is 0 Å². The molecule has 0 aliphatic rings. The first kappa shape index (κ1) is 87.7. The Bertz CT molecular complexity index is 1380. The van der Waals surface area contributed by atoms with Gasteiger partial charge in [0.15, 0.2) is 0 Å². The van der Waals surface area contributed by atoms with Crippen molar-refractivity contribution >= 4 is 58.5 Å². The van der Waals surface area contributed by atoms with Crippen molar-refractivity contribution in [2.75, 3.05) is 13.2 Å². The van der Waals surface area contributed by atoms with Crippen LogP contribution in [0, 0.1) is 11.8 Å². The molecule has 0 aromatic carbocycles. The summed E-state index contributed by atoms with van der Waals surface area (Å²) in [4.78, 5) is 0. The van der Waals surface area contributed by atoms with Gasteiger partial charge < -0.3 is 9.11 Å². The van der Waals surface area contributed by atoms with Gasteiger partial charge >= 0.3 is 37.7 Å². The number of rotatable bonds is 68. The second-order valence-electron chi connectivity index (χ2n) is 25.3. The van der Waals surface area contributed by atoms with Crippen LogP contribution in [0.4, 0.5) is 0 Å². The molecule has 492 valence electrons. The van der Waals surface area contributed by atoms with E-state index in [4.69, 9.17) is 0 Å². The van der Waals surface area contributed by atoms with Gasteiger partial charge in [0.05, 0.1) is 13.2 Å². The van der Waals surface area contributed by atoms with Crippen LogP contribution in [0.2, 0.25) is 0 Å². The molecule has 0 aromatic rings. The Hall–Kier alpha value is 0.480. The van der Waals surface area contributed by atoms with Crippen molar-refractivity contribution in [2.24, 2.45) is 11.8 Å². The van der Waals surface area contributed by atoms with Crippen molar-refractivity contribution in [3.05, 3.63) is 24.3 Å². The summed E-state index contributed by atoms with van der Waals surface area (Å²) in [6, 6.07) is 0. The molecule has 83 heavy (non-hydrogen) atoms. The number of hydrogen-bond acceptors (Lipinski definition) is 8. The summed E-state index contributed by atoms with van der Waals surface area (Å²) < 4.78 is 75.0. The van der Waals surface area contributed by atoms with E-state index in [1.54, 1.807) is 0 Å². The van der Waals surface area contributed by atoms with Gasteiger partial charge in [-0.25, -0.2) is 16.8 Å². The summed E-state index contributed by atoms with van der Waals surface area (Å²) in [5.41, 5.74) is 0. The van der Waals surface area contributed by atoms with Crippen LogP contribution in [-0.4, -0.2) is 76.9 Å². The van der Waals surface area contributed by atoms with Crippen molar-refractivity contribution in [1.29, 1.82) is 0 Å². The van der Waals surface area contributed by atoms with E-state index < -0.39 is 20.8 Å². The van der Waals surface area contributed by atoms with Crippen LogP contribution >= 0.6 is 0 Å². The molecule has 0 rings (SSSR count). The molecule has 0 fully saturated rings. The zero-order valence-corrected chi connectivity index (χ0v) is 59.9. The topological polar surface area (TPSA) is 133 Å². The summed E-state index contributed by atoms with van der Waals surface area (Å²) in [7, 11) is -9.25. The van der Waals surface area contributed by atoms with Gasteiger partial charge in [-0.3, -0.25) is 8.37 Å². The Morgan fingerprint density at radius 3 is 0.590 bits per heavy atom. The maximum absolute atomic E-state index is 11.0. The Morgan fingerprint density at radius 2 is 0.422 bits per heavy atom. The molecule has 2 atom stereocenters. The largest absolute Gasteiger partial charge is 2.00 e. The molecule has 0 saturated heterocycles. The molecule has 0 bridgehead atoms. The summed E-state index contributed by atoms with van der Waals surface area (Å²) in [5, 5.41) is 0. The minimum Gasteiger partial charge on any atom is -0.726 e. The monoisotopic (exact) mass is 1240 g/mol. The molecular weight excluding hydrogens is 1100 g/mol. The van der Waals surface area contributed by atoms with Gasteiger partial charge in [-0.05, 0) is 38.5 Å². The molecule has 2 unspecified atom stereocenters. The minimum atomic E-state index is -4.62. The fraction of sp³-hybridized carbons (Fsp3) is 0.944. The van der Waals surface area contributed by atoms with E-state index >= 15 is 0 Å². The van der Waals surface area contributed by atoms with Gasteiger partial charge in [-0.1, -0.05) is 399 Å². The predicted octanol–water partition coefficient (Wildman–Crippen LogP) is 24.4. The van der Waals surface area contributed by atoms with Gasteiger partial charge in [-0.2, -0.15) is 0 Å². The maximum atomic E-state index is 11.0. The number of unbranched alkanes of at least 4 members (excludes halogenated alkanes) is 54. The molecule has 0 radical (unpaired) electrons. The van der Waals surface area contributed by atoms with E-state index in [2.05, 4.69) is 60.4 Å². The maximum Gasteiger partial charge on any atom is 2.00 e. The molecule has 0 aliphatic carbocycles. The predicted molar refractivity (Wildman–Crippen MR) is 362 cm³/mol. The molecule has 0 saturated carbocycles. The van der Waals surface area contributed by atoms with Crippen LogP contribution in [0.3, 0.4) is 0 Å². The van der Waals surface area contributed by atoms with E-state index in [1.165, 1.54) is 347 Å². The van der Waals surface area contributed by atoms with E-state index in [0.29, 0.717) is 0 Å². The smallest absolute Gasteiger partial charge is 0.726 e. The Balaban J connectivity index is -0.00000152. The normalized spacial score (nSPS) is 12.8. The first-order chi connectivity index (χ1) is 40.0. The molecule has 0 aliphatic heterocycles. The van der Waals surface area contributed by atoms with Gasteiger partial charge in [0.2, 0.25) is 20.8 Å². The third kappa shape index (κ3) is 82.5. The van der Waals surface area contributed by atoms with Crippen LogP contribution in [0.1, 0.15) is 413 Å². The Kier molecular flexibility index (Phi) is 77.3. The van der Waals surface area contributed by atoms with Crippen molar-refractivity contribution < 1.29 is 34.3 Å². The molecule has 0 amide bonds. The summed E-state index contributed by atoms with van der Waals surface area (Å²) >= 11 is 0. The first-order valence-corrected chi connectivity index (χ1v) is 39.2. The van der Waals surface area contributed by atoms with Crippen LogP contribution in [0.15, 0.2) is 24.3 Å². The van der Waals surface area contributed by atoms with Crippen molar-refractivity contribution in [2.45, 2.75) is 413 Å². The fourth-order valence-corrected chi connectivity index (χ4v) is 12.2. The molecule has 8 nitrogen and oxygen atoms in total. The Morgan fingerprint density at radius 1 is 0.265 bits per heavy atom. The quantitative estimate of drug-likeness (QED) is 0.0193. The fourth-order valence-electron chi connectivity index (χ4n) is 11.5. The second kappa shape index (κ2) is 73.2. The van der Waals surface area contributed by atoms with Gasteiger partial charge in [0.1, 0.15) is 0 Å². The Labute approximate surface area is 550 Å². The van der Waals surface area contributed by atoms with E-state index in [0.717, 1.165) is 38.5 Å². The zero-order valence-electron chi connectivity index (χ0n) is 56.1. The van der Waals surface area contributed by atoms with Crippen molar-refractivity contribution in [1.82, 2.24) is 0 Å². The SMILES string of the molecule is CCCCCCCCCCCCCC/C=C/C(CCCCCCCCCCCCCCCCCC)COS(=O)(=O)[O-].CCCCCCCCCCCCCC/C=C/C(CCCCCCCCCCCCCCCCCC)COS(=O)(=O)[O-].[Ca+2]. The summed E-state index contributed by atoms with van der Waals surface area (Å²) in [6.45, 7) is 9.07. The van der Waals surface area contributed by atoms with E-state index in [9.17, 15) is 25.9 Å². The van der Waals surface area contributed by atoms with Crippen LogP contribution in [0.25, 0.3) is 0 Å². The average Bonchev–Trinajstić information content (AvgIpc) is 3.45. The molecule has 0 N–H and O–H groups in total. The van der Waals surface area contributed by atoms with Gasteiger partial charge in [0, 0.05) is 11.8 Å². The van der Waals surface area contributed by atoms with Gasteiger partial charge in [-0.15, -0.1) is 0 Å². The van der Waals surface area contributed by atoms with E-state index in [-0.39, 0.29) is 62.8 Å². The van der Waals surface area contributed by atoms with Crippen LogP contribution in [0.5, 0.6) is 0 Å². The number of allylic oxidation sites excluding steroid dienone is 2. The summed E-state index contributed by atoms with van der Waals surface area (Å²) in [5.74, 6) is 0.0328. The first-order valence-electron chi connectivity index (χ1n) is 36.5. The van der Waals surface area contributed by atoms with Crippen molar-refractivity contribution in [3.63, 3.8) is 0 Å². The van der Waals surface area contributed by atoms with Crippen LogP contribution < -0.4 is 0 Å². The molecule has 0 heterocycles. The zero-order chi connectivity index (χ0) is 60.2. The minimum absolute atomic E-state index is 0. The summed E-state index contributed by atoms with van der Waals surface area (Å²) in [6.07, 6.45) is 87.7. The van der Waals surface area contributed by atoms with Crippen LogP contribution in [-0.2, 0) is 29.2 Å². The van der Waals surface area contributed by atoms with Crippen molar-refractivity contribution in [3.8, 4) is 0 Å². The molecular formula is C72H142CaO8S2. The average molecular weight is 1240 g/mol. The third-order valence-corrected chi connectivity index (χ3v) is 17.8.